The quantitative estimate of drug-likeness (QED) is 0.380. The van der Waals surface area contributed by atoms with Gasteiger partial charge in [-0.1, -0.05) is 0 Å². The van der Waals surface area contributed by atoms with Crippen LogP contribution in [0.15, 0.2) is 23.2 Å². The Hall–Kier alpha value is -1.82. The molecule has 27 heavy (non-hydrogen) atoms. The van der Waals surface area contributed by atoms with Crippen molar-refractivity contribution < 1.29 is 13.5 Å². The van der Waals surface area contributed by atoms with E-state index in [1.165, 1.54) is 12.1 Å². The minimum Gasteiger partial charge on any atom is -0.377 e. The van der Waals surface area contributed by atoms with Crippen molar-refractivity contribution in [3.63, 3.8) is 0 Å². The summed E-state index contributed by atoms with van der Waals surface area (Å²) in [5, 5.41) is 10.8. The zero-order chi connectivity index (χ0) is 18.5. The number of aromatic nitrogens is 3. The molecule has 1 atom stereocenters. The van der Waals surface area contributed by atoms with Crippen molar-refractivity contribution in [2.24, 2.45) is 4.99 Å². The summed E-state index contributed by atoms with van der Waals surface area (Å²) in [6.45, 7) is 1.33. The van der Waals surface area contributed by atoms with Crippen molar-refractivity contribution >= 4 is 29.9 Å². The van der Waals surface area contributed by atoms with Crippen LogP contribution in [0.5, 0.6) is 0 Å². The summed E-state index contributed by atoms with van der Waals surface area (Å²) in [6, 6.07) is 3.58. The van der Waals surface area contributed by atoms with E-state index in [1.807, 2.05) is 4.68 Å². The van der Waals surface area contributed by atoms with Gasteiger partial charge in [0, 0.05) is 39.2 Å². The number of benzene rings is 1. The lowest BCUT2D eigenvalue weighted by atomic mass is 10.1. The second kappa shape index (κ2) is 9.93. The molecule has 1 unspecified atom stereocenters. The minimum atomic E-state index is -0.595. The number of nitrogens with one attached hydrogen (secondary N) is 2. The predicted molar refractivity (Wildman–Crippen MR) is 108 cm³/mol. The zero-order valence-corrected chi connectivity index (χ0v) is 17.5. The molecule has 3 rings (SSSR count). The number of aliphatic imine (C=N–C) groups is 1. The summed E-state index contributed by atoms with van der Waals surface area (Å²) < 4.78 is 33.5. The van der Waals surface area contributed by atoms with Crippen molar-refractivity contribution in [3.05, 3.63) is 47.0 Å². The highest BCUT2D eigenvalue weighted by atomic mass is 127. The summed E-state index contributed by atoms with van der Waals surface area (Å²) >= 11 is 0. The molecule has 1 aliphatic rings. The van der Waals surface area contributed by atoms with E-state index in [-0.39, 0.29) is 36.6 Å². The first-order valence-electron chi connectivity index (χ1n) is 8.41. The van der Waals surface area contributed by atoms with Gasteiger partial charge in [-0.3, -0.25) is 4.99 Å². The molecule has 148 valence electrons. The van der Waals surface area contributed by atoms with Gasteiger partial charge in [-0.15, -0.1) is 24.0 Å². The van der Waals surface area contributed by atoms with Crippen LogP contribution in [0, 0.1) is 11.6 Å². The molecule has 1 aliphatic heterocycles. The number of guanidine groups is 1. The van der Waals surface area contributed by atoms with Crippen molar-refractivity contribution in [3.8, 4) is 0 Å². The van der Waals surface area contributed by atoms with Crippen LogP contribution in [-0.4, -0.2) is 40.9 Å². The number of hydrogen-bond donors (Lipinski definition) is 2. The maximum atomic E-state index is 13.3. The van der Waals surface area contributed by atoms with E-state index < -0.39 is 11.6 Å². The van der Waals surface area contributed by atoms with Gasteiger partial charge in [0.15, 0.2) is 11.8 Å². The van der Waals surface area contributed by atoms with Crippen molar-refractivity contribution in [2.75, 3.05) is 14.2 Å². The molecule has 0 saturated carbocycles. The van der Waals surface area contributed by atoms with Gasteiger partial charge >= 0.3 is 0 Å². The van der Waals surface area contributed by atoms with Gasteiger partial charge in [0.2, 0.25) is 0 Å². The molecular formula is C17H23F2IN6O. The Balaban J connectivity index is 0.00000261. The molecule has 0 spiro atoms. The third kappa shape index (κ3) is 5.83. The fraction of sp³-hybridized carbons (Fsp3) is 0.471. The number of methoxy groups -OCH3 is 1. The number of hydrogen-bond acceptors (Lipinski definition) is 4. The van der Waals surface area contributed by atoms with E-state index in [0.717, 1.165) is 24.7 Å². The van der Waals surface area contributed by atoms with Crippen LogP contribution in [0.4, 0.5) is 8.78 Å². The van der Waals surface area contributed by atoms with Gasteiger partial charge in [0.25, 0.3) is 0 Å². The van der Waals surface area contributed by atoms with Crippen LogP contribution >= 0.6 is 24.0 Å². The lowest BCUT2D eigenvalue weighted by Gasteiger charge is -2.25. The number of ether oxygens (including phenoxy) is 1. The van der Waals surface area contributed by atoms with E-state index in [1.54, 1.807) is 14.2 Å². The number of nitrogens with zero attached hydrogens (tertiary/aromatic N) is 4. The van der Waals surface area contributed by atoms with Gasteiger partial charge in [0.05, 0.1) is 6.54 Å². The summed E-state index contributed by atoms with van der Waals surface area (Å²) in [6.07, 6.45) is 1.70. The molecule has 0 amide bonds. The standard InChI is InChI=1S/C17H22F2N6O.HI/c1-20-17(21-8-11-5-12(18)7-13(19)6-11)22-14-3-4-16-23-15(10-26-2)24-25(16)9-14;/h5-7,14H,3-4,8-10H2,1-2H3,(H2,20,21,22);1H. The molecular weight excluding hydrogens is 469 g/mol. The third-order valence-electron chi connectivity index (χ3n) is 4.12. The average molecular weight is 492 g/mol. The number of fused-ring (bicyclic) bond motifs is 1. The monoisotopic (exact) mass is 492 g/mol. The molecule has 0 saturated heterocycles. The highest BCUT2D eigenvalue weighted by Crippen LogP contribution is 2.13. The van der Waals surface area contributed by atoms with Crippen LogP contribution in [0.1, 0.15) is 23.6 Å². The molecule has 0 aliphatic carbocycles. The topological polar surface area (TPSA) is 76.4 Å². The lowest BCUT2D eigenvalue weighted by Crippen LogP contribution is -2.46. The van der Waals surface area contributed by atoms with E-state index in [9.17, 15) is 8.78 Å². The largest absolute Gasteiger partial charge is 0.377 e. The first kappa shape index (κ1) is 21.5. The van der Waals surface area contributed by atoms with Crippen molar-refractivity contribution in [2.45, 2.75) is 38.6 Å². The molecule has 0 fully saturated rings. The average Bonchev–Trinajstić information content (AvgIpc) is 2.99. The lowest BCUT2D eigenvalue weighted by molar-refractivity contribution is 0.177. The SMILES string of the molecule is CN=C(NCc1cc(F)cc(F)c1)NC1CCc2nc(COC)nn2C1.I. The predicted octanol–water partition coefficient (Wildman–Crippen LogP) is 2.00. The summed E-state index contributed by atoms with van der Waals surface area (Å²) in [7, 11) is 3.27. The van der Waals surface area contributed by atoms with E-state index in [4.69, 9.17) is 4.74 Å². The Bertz CT molecular complexity index is 777. The van der Waals surface area contributed by atoms with E-state index in [0.29, 0.717) is 30.5 Å². The van der Waals surface area contributed by atoms with E-state index >= 15 is 0 Å². The van der Waals surface area contributed by atoms with Crippen LogP contribution in [0.25, 0.3) is 0 Å². The molecule has 1 aromatic carbocycles. The van der Waals surface area contributed by atoms with Gasteiger partial charge < -0.3 is 15.4 Å². The first-order chi connectivity index (χ1) is 12.6. The third-order valence-corrected chi connectivity index (χ3v) is 4.12. The minimum absolute atomic E-state index is 0. The smallest absolute Gasteiger partial charge is 0.191 e. The van der Waals surface area contributed by atoms with Crippen molar-refractivity contribution in [1.29, 1.82) is 0 Å². The summed E-state index contributed by atoms with van der Waals surface area (Å²) in [4.78, 5) is 8.62. The number of rotatable bonds is 5. The van der Waals surface area contributed by atoms with Gasteiger partial charge in [-0.25, -0.2) is 18.4 Å². The zero-order valence-electron chi connectivity index (χ0n) is 15.2. The fourth-order valence-corrected chi connectivity index (χ4v) is 2.96. The molecule has 2 heterocycles. The van der Waals surface area contributed by atoms with E-state index in [2.05, 4.69) is 25.7 Å². The summed E-state index contributed by atoms with van der Waals surface area (Å²) in [5.74, 6) is 1.01. The normalized spacial score (nSPS) is 16.4. The summed E-state index contributed by atoms with van der Waals surface area (Å²) in [5.41, 5.74) is 0.511. The second-order valence-electron chi connectivity index (χ2n) is 6.14. The highest BCUT2D eigenvalue weighted by Gasteiger charge is 2.22. The van der Waals surface area contributed by atoms with Crippen molar-refractivity contribution in [1.82, 2.24) is 25.4 Å². The Kier molecular flexibility index (Phi) is 7.90. The Labute approximate surface area is 173 Å². The molecule has 10 heteroatoms. The molecule has 0 radical (unpaired) electrons. The van der Waals surface area contributed by atoms with Crippen LogP contribution < -0.4 is 10.6 Å². The maximum Gasteiger partial charge on any atom is 0.191 e. The Morgan fingerprint density at radius 1 is 1.33 bits per heavy atom. The Morgan fingerprint density at radius 3 is 2.74 bits per heavy atom. The molecule has 0 bridgehead atoms. The maximum absolute atomic E-state index is 13.3. The second-order valence-corrected chi connectivity index (χ2v) is 6.14. The van der Waals surface area contributed by atoms with Crippen LogP contribution in [-0.2, 0) is 30.9 Å². The molecule has 7 nitrogen and oxygen atoms in total. The first-order valence-corrected chi connectivity index (χ1v) is 8.41. The number of aryl methyl sites for hydroxylation is 1. The van der Waals surface area contributed by atoms with Crippen LogP contribution in [0.2, 0.25) is 0 Å². The Morgan fingerprint density at radius 2 is 2.07 bits per heavy atom. The molecule has 2 N–H and O–H groups in total. The fourth-order valence-electron chi connectivity index (χ4n) is 2.96. The molecule has 1 aromatic heterocycles. The van der Waals surface area contributed by atoms with Gasteiger partial charge in [-0.2, -0.15) is 5.10 Å². The van der Waals surface area contributed by atoms with Crippen LogP contribution in [0.3, 0.4) is 0 Å². The van der Waals surface area contributed by atoms with Gasteiger partial charge in [0.1, 0.15) is 24.1 Å². The molecule has 2 aromatic rings. The highest BCUT2D eigenvalue weighted by molar-refractivity contribution is 14.0. The number of halogens is 3. The van der Waals surface area contributed by atoms with Gasteiger partial charge in [-0.05, 0) is 24.1 Å².